The van der Waals surface area contributed by atoms with Crippen LogP contribution in [0.2, 0.25) is 0 Å². The van der Waals surface area contributed by atoms with Crippen LogP contribution in [0.1, 0.15) is 53.6 Å². The molecule has 4 heteroatoms. The molecular formula is C21H15NO3. The Balaban J connectivity index is 2.00. The second-order valence-corrected chi connectivity index (χ2v) is 6.14. The van der Waals surface area contributed by atoms with Gasteiger partial charge in [-0.1, -0.05) is 54.6 Å². The van der Waals surface area contributed by atoms with Crippen molar-refractivity contribution >= 4 is 17.3 Å². The summed E-state index contributed by atoms with van der Waals surface area (Å²) in [7, 11) is 1.72. The molecule has 0 radical (unpaired) electrons. The molecule has 1 aromatic heterocycles. The van der Waals surface area contributed by atoms with E-state index < -0.39 is 0 Å². The first-order valence-electron chi connectivity index (χ1n) is 7.99. The van der Waals surface area contributed by atoms with E-state index in [1.54, 1.807) is 67.1 Å². The molecular weight excluding hydrogens is 314 g/mol. The lowest BCUT2D eigenvalue weighted by molar-refractivity contribution is 0.0969. The molecule has 0 saturated carbocycles. The van der Waals surface area contributed by atoms with Gasteiger partial charge in [-0.2, -0.15) is 0 Å². The lowest BCUT2D eigenvalue weighted by Gasteiger charge is -2.16. The number of fused-ring (bicyclic) bond motifs is 2. The molecule has 1 aliphatic rings. The molecule has 4 rings (SSSR count). The van der Waals surface area contributed by atoms with Crippen LogP contribution in [-0.2, 0) is 7.05 Å². The Kier molecular flexibility index (Phi) is 3.29. The number of carbonyl (C=O) groups is 3. The van der Waals surface area contributed by atoms with Crippen molar-refractivity contribution in [3.63, 3.8) is 0 Å². The summed E-state index contributed by atoms with van der Waals surface area (Å²) in [4.78, 5) is 39.0. The van der Waals surface area contributed by atoms with Gasteiger partial charge in [-0.25, -0.2) is 0 Å². The molecule has 0 bridgehead atoms. The van der Waals surface area contributed by atoms with Gasteiger partial charge in [0.15, 0.2) is 11.6 Å². The third kappa shape index (κ3) is 2.04. The minimum atomic E-state index is -0.270. The molecule has 4 nitrogen and oxygen atoms in total. The van der Waals surface area contributed by atoms with Crippen molar-refractivity contribution in [1.82, 2.24) is 4.57 Å². The number of benzene rings is 2. The summed E-state index contributed by atoms with van der Waals surface area (Å²) in [5, 5.41) is 0. The molecule has 0 unspecified atom stereocenters. The Morgan fingerprint density at radius 2 is 1.40 bits per heavy atom. The first-order valence-corrected chi connectivity index (χ1v) is 7.99. The van der Waals surface area contributed by atoms with Gasteiger partial charge < -0.3 is 4.57 Å². The lowest BCUT2D eigenvalue weighted by Crippen LogP contribution is -2.23. The van der Waals surface area contributed by atoms with Gasteiger partial charge in [-0.15, -0.1) is 0 Å². The molecule has 0 atom stereocenters. The average molecular weight is 329 g/mol. The molecule has 1 heterocycles. The topological polar surface area (TPSA) is 56.1 Å². The third-order valence-corrected chi connectivity index (χ3v) is 4.81. The van der Waals surface area contributed by atoms with Crippen LogP contribution in [0.4, 0.5) is 0 Å². The fourth-order valence-electron chi connectivity index (χ4n) is 3.44. The Bertz CT molecular complexity index is 1060. The number of rotatable bonds is 2. The zero-order chi connectivity index (χ0) is 17.7. The predicted octanol–water partition coefficient (Wildman–Crippen LogP) is 3.34. The minimum Gasteiger partial charge on any atom is -0.344 e. The number of nitrogens with zero attached hydrogens (tertiary/aromatic N) is 1. The number of hydrogen-bond donors (Lipinski definition) is 0. The van der Waals surface area contributed by atoms with Gasteiger partial charge in [-0.3, -0.25) is 14.4 Å². The molecule has 3 aromatic rings. The van der Waals surface area contributed by atoms with Crippen molar-refractivity contribution in [3.8, 4) is 0 Å². The fraction of sp³-hybridized carbons (Fsp3) is 0.0952. The molecule has 0 aliphatic heterocycles. The lowest BCUT2D eigenvalue weighted by atomic mass is 9.84. The molecule has 2 aromatic carbocycles. The minimum absolute atomic E-state index is 0.220. The Hall–Kier alpha value is -3.27. The van der Waals surface area contributed by atoms with E-state index in [2.05, 4.69) is 0 Å². The highest BCUT2D eigenvalue weighted by atomic mass is 16.1. The van der Waals surface area contributed by atoms with Crippen LogP contribution >= 0.6 is 0 Å². The molecule has 0 saturated heterocycles. The van der Waals surface area contributed by atoms with Crippen LogP contribution < -0.4 is 0 Å². The van der Waals surface area contributed by atoms with Crippen LogP contribution in [0.3, 0.4) is 0 Å². The Morgan fingerprint density at radius 3 is 2.04 bits per heavy atom. The van der Waals surface area contributed by atoms with Crippen molar-refractivity contribution in [2.24, 2.45) is 7.05 Å². The smallest absolute Gasteiger partial charge is 0.210 e. The molecule has 25 heavy (non-hydrogen) atoms. The highest BCUT2D eigenvalue weighted by Crippen LogP contribution is 2.33. The van der Waals surface area contributed by atoms with E-state index in [0.29, 0.717) is 33.6 Å². The maximum absolute atomic E-state index is 13.1. The monoisotopic (exact) mass is 329 g/mol. The van der Waals surface area contributed by atoms with Crippen molar-refractivity contribution in [2.45, 2.75) is 6.92 Å². The predicted molar refractivity (Wildman–Crippen MR) is 93.3 cm³/mol. The number of hydrogen-bond acceptors (Lipinski definition) is 3. The summed E-state index contributed by atoms with van der Waals surface area (Å²) in [6.45, 7) is 1.76. The number of ketones is 3. The van der Waals surface area contributed by atoms with Crippen molar-refractivity contribution in [3.05, 3.63) is 93.8 Å². The van der Waals surface area contributed by atoms with E-state index in [0.717, 1.165) is 0 Å². The second kappa shape index (κ2) is 5.38. The van der Waals surface area contributed by atoms with Crippen molar-refractivity contribution in [1.29, 1.82) is 0 Å². The second-order valence-electron chi connectivity index (χ2n) is 6.14. The highest BCUT2D eigenvalue weighted by molar-refractivity contribution is 6.32. The summed E-state index contributed by atoms with van der Waals surface area (Å²) >= 11 is 0. The normalized spacial score (nSPS) is 12.7. The molecule has 0 fully saturated rings. The Labute approximate surface area is 144 Å². The van der Waals surface area contributed by atoms with Gasteiger partial charge >= 0.3 is 0 Å². The number of aromatic nitrogens is 1. The van der Waals surface area contributed by atoms with E-state index in [1.165, 1.54) is 0 Å². The van der Waals surface area contributed by atoms with Gasteiger partial charge in [0.1, 0.15) is 5.69 Å². The SMILES string of the molecule is Cc1c(C(=O)c2ccccc2)c2c(n1C)C(=O)c1ccccc1C2=O. The first kappa shape index (κ1) is 15.3. The van der Waals surface area contributed by atoms with Crippen LogP contribution in [0.15, 0.2) is 54.6 Å². The standard InChI is InChI=1S/C21H15NO3/c1-12-16(19(23)13-8-4-3-5-9-13)17-18(22(12)2)21(25)15-11-7-6-10-14(15)20(17)24/h3-11H,1-2H3. The maximum Gasteiger partial charge on any atom is 0.210 e. The molecule has 0 amide bonds. The van der Waals surface area contributed by atoms with Crippen LogP contribution in [-0.4, -0.2) is 21.9 Å². The van der Waals surface area contributed by atoms with Crippen LogP contribution in [0, 0.1) is 6.92 Å². The largest absolute Gasteiger partial charge is 0.344 e. The van der Waals surface area contributed by atoms with Crippen LogP contribution in [0.5, 0.6) is 0 Å². The number of carbonyl (C=O) groups excluding carboxylic acids is 3. The first-order chi connectivity index (χ1) is 12.0. The maximum atomic E-state index is 13.1. The van der Waals surface area contributed by atoms with E-state index in [4.69, 9.17) is 0 Å². The summed E-state index contributed by atoms with van der Waals surface area (Å²) in [5.74, 6) is -0.730. The summed E-state index contributed by atoms with van der Waals surface area (Å²) in [5.41, 5.74) is 2.69. The zero-order valence-corrected chi connectivity index (χ0v) is 13.9. The molecule has 122 valence electrons. The van der Waals surface area contributed by atoms with E-state index >= 15 is 0 Å². The van der Waals surface area contributed by atoms with E-state index in [9.17, 15) is 14.4 Å². The van der Waals surface area contributed by atoms with Crippen molar-refractivity contribution < 1.29 is 14.4 Å². The van der Waals surface area contributed by atoms with Gasteiger partial charge in [0.05, 0.1) is 11.1 Å². The molecule has 1 aliphatic carbocycles. The van der Waals surface area contributed by atoms with Gasteiger partial charge in [0, 0.05) is 29.4 Å². The summed E-state index contributed by atoms with van der Waals surface area (Å²) < 4.78 is 1.65. The highest BCUT2D eigenvalue weighted by Gasteiger charge is 2.37. The van der Waals surface area contributed by atoms with Crippen molar-refractivity contribution in [2.75, 3.05) is 0 Å². The van der Waals surface area contributed by atoms with Gasteiger partial charge in [-0.05, 0) is 6.92 Å². The molecule has 0 N–H and O–H groups in total. The summed E-state index contributed by atoms with van der Waals surface area (Å²) in [6.07, 6.45) is 0. The average Bonchev–Trinajstić information content (AvgIpc) is 2.91. The van der Waals surface area contributed by atoms with E-state index in [1.807, 2.05) is 6.07 Å². The van der Waals surface area contributed by atoms with Gasteiger partial charge in [0.2, 0.25) is 5.78 Å². The summed E-state index contributed by atoms with van der Waals surface area (Å²) in [6, 6.07) is 15.6. The fourth-order valence-corrected chi connectivity index (χ4v) is 3.44. The quantitative estimate of drug-likeness (QED) is 0.530. The molecule has 0 spiro atoms. The zero-order valence-electron chi connectivity index (χ0n) is 13.9. The van der Waals surface area contributed by atoms with Crippen LogP contribution in [0.25, 0.3) is 0 Å². The third-order valence-electron chi connectivity index (χ3n) is 4.81. The van der Waals surface area contributed by atoms with Gasteiger partial charge in [0.25, 0.3) is 0 Å². The van der Waals surface area contributed by atoms with E-state index in [-0.39, 0.29) is 22.9 Å². The Morgan fingerprint density at radius 1 is 0.840 bits per heavy atom.